The summed E-state index contributed by atoms with van der Waals surface area (Å²) in [5, 5.41) is 4.13. The van der Waals surface area contributed by atoms with Crippen molar-refractivity contribution < 1.29 is 4.79 Å². The summed E-state index contributed by atoms with van der Waals surface area (Å²) in [6.45, 7) is 6.90. The molecule has 0 fully saturated rings. The summed E-state index contributed by atoms with van der Waals surface area (Å²) in [5.41, 5.74) is 0.703. The second-order valence-electron chi connectivity index (χ2n) is 4.08. The first-order chi connectivity index (χ1) is 6.59. The molecule has 0 N–H and O–H groups in total. The van der Waals surface area contributed by atoms with Gasteiger partial charge in [0.05, 0.1) is 11.8 Å². The third-order valence-electron chi connectivity index (χ3n) is 2.21. The topological polar surface area (TPSA) is 34.9 Å². The first kappa shape index (κ1) is 11.0. The fraction of sp³-hybridized carbons (Fsp3) is 0.636. The standard InChI is InChI=1S/C11H18N2O/c1-9(2)5-4-6-13-8-11(7-12-13)10(3)14/h7-9H,4-6H2,1-3H3. The van der Waals surface area contributed by atoms with Crippen LogP contribution in [0.25, 0.3) is 0 Å². The third kappa shape index (κ3) is 3.32. The zero-order valence-corrected chi connectivity index (χ0v) is 9.16. The maximum absolute atomic E-state index is 11.0. The lowest BCUT2D eigenvalue weighted by atomic mass is 10.1. The lowest BCUT2D eigenvalue weighted by Gasteiger charge is -2.03. The molecule has 0 saturated carbocycles. The second-order valence-corrected chi connectivity index (χ2v) is 4.08. The average Bonchev–Trinajstić information content (AvgIpc) is 2.52. The van der Waals surface area contributed by atoms with Crippen LogP contribution in [0.2, 0.25) is 0 Å². The average molecular weight is 194 g/mol. The van der Waals surface area contributed by atoms with Crippen LogP contribution in [-0.4, -0.2) is 15.6 Å². The number of carbonyl (C=O) groups is 1. The zero-order valence-electron chi connectivity index (χ0n) is 9.16. The largest absolute Gasteiger partial charge is 0.294 e. The van der Waals surface area contributed by atoms with Crippen LogP contribution in [0, 0.1) is 5.92 Å². The fourth-order valence-electron chi connectivity index (χ4n) is 1.33. The summed E-state index contributed by atoms with van der Waals surface area (Å²) in [6.07, 6.45) is 5.78. The summed E-state index contributed by atoms with van der Waals surface area (Å²) in [7, 11) is 0. The van der Waals surface area contributed by atoms with E-state index in [4.69, 9.17) is 0 Å². The number of carbonyl (C=O) groups excluding carboxylic acids is 1. The maximum Gasteiger partial charge on any atom is 0.162 e. The minimum absolute atomic E-state index is 0.0834. The molecular formula is C11H18N2O. The van der Waals surface area contributed by atoms with Gasteiger partial charge in [0.2, 0.25) is 0 Å². The number of aryl methyl sites for hydroxylation is 1. The van der Waals surface area contributed by atoms with Gasteiger partial charge in [-0.15, -0.1) is 0 Å². The van der Waals surface area contributed by atoms with Crippen molar-refractivity contribution in [3.63, 3.8) is 0 Å². The molecule has 0 saturated heterocycles. The maximum atomic E-state index is 11.0. The van der Waals surface area contributed by atoms with Crippen molar-refractivity contribution in [2.24, 2.45) is 5.92 Å². The molecule has 0 aliphatic carbocycles. The quantitative estimate of drug-likeness (QED) is 0.675. The Morgan fingerprint density at radius 2 is 2.29 bits per heavy atom. The predicted molar refractivity (Wildman–Crippen MR) is 56.3 cm³/mol. The highest BCUT2D eigenvalue weighted by Crippen LogP contribution is 2.06. The van der Waals surface area contributed by atoms with Crippen LogP contribution in [0.15, 0.2) is 12.4 Å². The molecule has 0 aliphatic heterocycles. The van der Waals surface area contributed by atoms with E-state index in [0.29, 0.717) is 5.56 Å². The van der Waals surface area contributed by atoms with Crippen LogP contribution in [-0.2, 0) is 6.54 Å². The lowest BCUT2D eigenvalue weighted by Crippen LogP contribution is -2.00. The number of nitrogens with zero attached hydrogens (tertiary/aromatic N) is 2. The van der Waals surface area contributed by atoms with E-state index in [2.05, 4.69) is 18.9 Å². The van der Waals surface area contributed by atoms with Gasteiger partial charge in [0.15, 0.2) is 5.78 Å². The van der Waals surface area contributed by atoms with Crippen molar-refractivity contribution in [2.45, 2.75) is 40.2 Å². The van der Waals surface area contributed by atoms with Crippen molar-refractivity contribution in [3.8, 4) is 0 Å². The first-order valence-electron chi connectivity index (χ1n) is 5.13. The highest BCUT2D eigenvalue weighted by atomic mass is 16.1. The van der Waals surface area contributed by atoms with Crippen molar-refractivity contribution in [3.05, 3.63) is 18.0 Å². The van der Waals surface area contributed by atoms with Crippen LogP contribution in [0.5, 0.6) is 0 Å². The van der Waals surface area contributed by atoms with Gasteiger partial charge in [0, 0.05) is 12.7 Å². The summed E-state index contributed by atoms with van der Waals surface area (Å²) < 4.78 is 1.85. The minimum atomic E-state index is 0.0834. The SMILES string of the molecule is CC(=O)c1cnn(CCCC(C)C)c1. The molecule has 14 heavy (non-hydrogen) atoms. The van der Waals surface area contributed by atoms with E-state index in [0.717, 1.165) is 18.9 Å². The highest BCUT2D eigenvalue weighted by Gasteiger charge is 2.02. The summed E-state index contributed by atoms with van der Waals surface area (Å²) in [6, 6.07) is 0. The number of aromatic nitrogens is 2. The van der Waals surface area contributed by atoms with Gasteiger partial charge in [-0.3, -0.25) is 9.48 Å². The van der Waals surface area contributed by atoms with Crippen LogP contribution in [0.3, 0.4) is 0 Å². The smallest absolute Gasteiger partial charge is 0.162 e. The van der Waals surface area contributed by atoms with Gasteiger partial charge in [-0.2, -0.15) is 5.10 Å². The first-order valence-corrected chi connectivity index (χ1v) is 5.13. The number of Topliss-reactive ketones (excluding diaryl/α,β-unsaturated/α-hetero) is 1. The Labute approximate surface area is 85.1 Å². The molecule has 0 radical (unpaired) electrons. The van der Waals surface area contributed by atoms with Gasteiger partial charge >= 0.3 is 0 Å². The number of rotatable bonds is 5. The van der Waals surface area contributed by atoms with Crippen LogP contribution in [0.1, 0.15) is 44.0 Å². The molecule has 0 unspecified atom stereocenters. The van der Waals surface area contributed by atoms with E-state index in [1.807, 2.05) is 10.9 Å². The van der Waals surface area contributed by atoms with Crippen LogP contribution in [0.4, 0.5) is 0 Å². The number of ketones is 1. The van der Waals surface area contributed by atoms with Crippen LogP contribution < -0.4 is 0 Å². The number of hydrogen-bond donors (Lipinski definition) is 0. The van der Waals surface area contributed by atoms with Crippen molar-refractivity contribution in [1.29, 1.82) is 0 Å². The molecule has 1 aromatic rings. The molecule has 3 nitrogen and oxygen atoms in total. The van der Waals surface area contributed by atoms with E-state index < -0.39 is 0 Å². The fourth-order valence-corrected chi connectivity index (χ4v) is 1.33. The van der Waals surface area contributed by atoms with E-state index in [1.165, 1.54) is 6.42 Å². The Morgan fingerprint density at radius 3 is 2.79 bits per heavy atom. The molecule has 1 rings (SSSR count). The van der Waals surface area contributed by atoms with E-state index >= 15 is 0 Å². The van der Waals surface area contributed by atoms with Gasteiger partial charge in [0.25, 0.3) is 0 Å². The molecule has 0 atom stereocenters. The van der Waals surface area contributed by atoms with Gasteiger partial charge in [-0.05, 0) is 25.7 Å². The molecule has 78 valence electrons. The van der Waals surface area contributed by atoms with Crippen molar-refractivity contribution in [2.75, 3.05) is 0 Å². The van der Waals surface area contributed by atoms with E-state index in [9.17, 15) is 4.79 Å². The molecule has 3 heteroatoms. The van der Waals surface area contributed by atoms with Crippen LogP contribution >= 0.6 is 0 Å². The normalized spacial score (nSPS) is 10.9. The van der Waals surface area contributed by atoms with Gasteiger partial charge in [0.1, 0.15) is 0 Å². The van der Waals surface area contributed by atoms with Crippen molar-refractivity contribution in [1.82, 2.24) is 9.78 Å². The molecule has 0 aliphatic rings. The Hall–Kier alpha value is -1.12. The summed E-state index contributed by atoms with van der Waals surface area (Å²) in [5.74, 6) is 0.818. The Kier molecular flexibility index (Phi) is 3.86. The molecule has 1 aromatic heterocycles. The molecule has 0 amide bonds. The summed E-state index contributed by atoms with van der Waals surface area (Å²) >= 11 is 0. The second kappa shape index (κ2) is 4.94. The molecule has 1 heterocycles. The van der Waals surface area contributed by atoms with E-state index in [-0.39, 0.29) is 5.78 Å². The van der Waals surface area contributed by atoms with Gasteiger partial charge in [-0.1, -0.05) is 13.8 Å². The molecular weight excluding hydrogens is 176 g/mol. The molecule has 0 bridgehead atoms. The third-order valence-corrected chi connectivity index (χ3v) is 2.21. The van der Waals surface area contributed by atoms with E-state index in [1.54, 1.807) is 13.1 Å². The monoisotopic (exact) mass is 194 g/mol. The predicted octanol–water partition coefficient (Wildman–Crippen LogP) is 2.52. The lowest BCUT2D eigenvalue weighted by molar-refractivity contribution is 0.101. The Bertz CT molecular complexity index is 302. The summed E-state index contributed by atoms with van der Waals surface area (Å²) in [4.78, 5) is 11.0. The minimum Gasteiger partial charge on any atom is -0.294 e. The zero-order chi connectivity index (χ0) is 10.6. The number of hydrogen-bond acceptors (Lipinski definition) is 2. The highest BCUT2D eigenvalue weighted by molar-refractivity contribution is 5.93. The van der Waals surface area contributed by atoms with Gasteiger partial charge in [-0.25, -0.2) is 0 Å². The Balaban J connectivity index is 2.40. The Morgan fingerprint density at radius 1 is 1.57 bits per heavy atom. The van der Waals surface area contributed by atoms with Gasteiger partial charge < -0.3 is 0 Å². The molecule has 0 aromatic carbocycles. The molecule has 0 spiro atoms. The van der Waals surface area contributed by atoms with Crippen molar-refractivity contribution >= 4 is 5.78 Å².